The van der Waals surface area contributed by atoms with E-state index in [2.05, 4.69) is 12.1 Å². The summed E-state index contributed by atoms with van der Waals surface area (Å²) in [6.07, 6.45) is 0.661. The number of nitrogens with zero attached hydrogens (tertiary/aromatic N) is 2. The second-order valence-corrected chi connectivity index (χ2v) is 9.28. The van der Waals surface area contributed by atoms with Gasteiger partial charge < -0.3 is 9.64 Å². The highest BCUT2D eigenvalue weighted by molar-refractivity contribution is 8.14. The molecule has 3 aromatic carbocycles. The van der Waals surface area contributed by atoms with Crippen molar-refractivity contribution >= 4 is 22.7 Å². The van der Waals surface area contributed by atoms with Crippen LogP contribution in [0.2, 0.25) is 0 Å². The first kappa shape index (κ1) is 23.1. The molecule has 2 unspecified atom stereocenters. The predicted octanol–water partition coefficient (Wildman–Crippen LogP) is 5.90. The van der Waals surface area contributed by atoms with Crippen molar-refractivity contribution in [3.63, 3.8) is 0 Å². The Hall–Kier alpha value is -3.12. The summed E-state index contributed by atoms with van der Waals surface area (Å²) in [5, 5.41) is 0.911. The minimum Gasteiger partial charge on any atom is -0.494 e. The molecular weight excluding hydrogens is 435 g/mol. The van der Waals surface area contributed by atoms with Gasteiger partial charge in [-0.1, -0.05) is 60.7 Å². The van der Waals surface area contributed by atoms with E-state index in [-0.39, 0.29) is 17.0 Å². The Morgan fingerprint density at radius 2 is 1.67 bits per heavy atom. The molecule has 1 aliphatic rings. The molecule has 0 bridgehead atoms. The van der Waals surface area contributed by atoms with Gasteiger partial charge in [0.15, 0.2) is 0 Å². The van der Waals surface area contributed by atoms with Crippen molar-refractivity contribution in [3.8, 4) is 5.75 Å². The van der Waals surface area contributed by atoms with Gasteiger partial charge in [0, 0.05) is 13.1 Å². The van der Waals surface area contributed by atoms with Gasteiger partial charge in [-0.25, -0.2) is 4.39 Å². The van der Waals surface area contributed by atoms with Crippen LogP contribution in [0.4, 0.5) is 4.39 Å². The number of hydrogen-bond donors (Lipinski definition) is 0. The van der Waals surface area contributed by atoms with Crippen molar-refractivity contribution in [2.24, 2.45) is 4.99 Å². The number of amides is 1. The number of ether oxygens (including phenoxy) is 1. The number of aliphatic imine (C=N–C) groups is 1. The highest BCUT2D eigenvalue weighted by atomic mass is 32.2. The van der Waals surface area contributed by atoms with E-state index >= 15 is 0 Å². The standard InChI is InChI=1S/C27H27FN2O2S/c1-20-29-25(26(33-20)22-11-6-3-7-12-22)27(31)30(19-21-9-4-2-5-10-21)17-8-18-32-24-15-13-23(28)14-16-24/h2-7,9-16,25-26H,8,17-19H2,1H3. The fraction of sp³-hybridized carbons (Fsp3) is 0.259. The molecule has 4 nitrogen and oxygen atoms in total. The maximum Gasteiger partial charge on any atom is 0.249 e. The average molecular weight is 463 g/mol. The van der Waals surface area contributed by atoms with Crippen LogP contribution in [0.3, 0.4) is 0 Å². The van der Waals surface area contributed by atoms with Crippen molar-refractivity contribution in [2.45, 2.75) is 31.2 Å². The summed E-state index contributed by atoms with van der Waals surface area (Å²) in [5.74, 6) is 0.355. The number of halogens is 1. The van der Waals surface area contributed by atoms with Crippen molar-refractivity contribution in [1.82, 2.24) is 4.90 Å². The lowest BCUT2D eigenvalue weighted by molar-refractivity contribution is -0.133. The van der Waals surface area contributed by atoms with E-state index in [1.807, 2.05) is 60.4 Å². The maximum atomic E-state index is 13.7. The molecule has 1 amide bonds. The van der Waals surface area contributed by atoms with Gasteiger partial charge >= 0.3 is 0 Å². The van der Waals surface area contributed by atoms with Gasteiger partial charge in [0.25, 0.3) is 0 Å². The Labute approximate surface area is 198 Å². The van der Waals surface area contributed by atoms with Crippen molar-refractivity contribution in [2.75, 3.05) is 13.2 Å². The van der Waals surface area contributed by atoms with Crippen LogP contribution < -0.4 is 4.74 Å². The molecule has 0 saturated carbocycles. The van der Waals surface area contributed by atoms with E-state index in [9.17, 15) is 9.18 Å². The smallest absolute Gasteiger partial charge is 0.249 e. The van der Waals surface area contributed by atoms with Crippen LogP contribution >= 0.6 is 11.8 Å². The lowest BCUT2D eigenvalue weighted by atomic mass is 10.0. The third-order valence-corrected chi connectivity index (χ3v) is 6.70. The lowest BCUT2D eigenvalue weighted by Gasteiger charge is -2.27. The quantitative estimate of drug-likeness (QED) is 0.372. The van der Waals surface area contributed by atoms with E-state index in [1.165, 1.54) is 12.1 Å². The molecular formula is C27H27FN2O2S. The minimum absolute atomic E-state index is 0.0209. The fourth-order valence-corrected chi connectivity index (χ4v) is 5.00. The Morgan fingerprint density at radius 1 is 1.00 bits per heavy atom. The van der Waals surface area contributed by atoms with Gasteiger partial charge in [0.2, 0.25) is 5.91 Å². The first-order chi connectivity index (χ1) is 16.1. The van der Waals surface area contributed by atoms with Gasteiger partial charge in [0.1, 0.15) is 17.6 Å². The van der Waals surface area contributed by atoms with E-state index in [0.717, 1.165) is 16.2 Å². The first-order valence-corrected chi connectivity index (χ1v) is 12.0. The zero-order valence-corrected chi connectivity index (χ0v) is 19.4. The van der Waals surface area contributed by atoms with E-state index in [0.29, 0.717) is 31.9 Å². The number of hydrogen-bond acceptors (Lipinski definition) is 4. The summed E-state index contributed by atoms with van der Waals surface area (Å²) in [6, 6.07) is 25.6. The fourth-order valence-electron chi connectivity index (χ4n) is 3.85. The minimum atomic E-state index is -0.445. The molecule has 2 atom stereocenters. The highest BCUT2D eigenvalue weighted by Gasteiger charge is 2.37. The summed E-state index contributed by atoms with van der Waals surface area (Å²) < 4.78 is 18.8. The monoisotopic (exact) mass is 462 g/mol. The normalized spacial score (nSPS) is 17.5. The van der Waals surface area contributed by atoms with Crippen LogP contribution in [-0.2, 0) is 11.3 Å². The highest BCUT2D eigenvalue weighted by Crippen LogP contribution is 2.41. The van der Waals surface area contributed by atoms with Crippen LogP contribution in [0.5, 0.6) is 5.75 Å². The van der Waals surface area contributed by atoms with Gasteiger partial charge in [0.05, 0.1) is 16.9 Å². The van der Waals surface area contributed by atoms with Gasteiger partial charge in [-0.15, -0.1) is 11.8 Å². The lowest BCUT2D eigenvalue weighted by Crippen LogP contribution is -2.40. The zero-order valence-electron chi connectivity index (χ0n) is 18.6. The predicted molar refractivity (Wildman–Crippen MR) is 132 cm³/mol. The molecule has 0 aromatic heterocycles. The summed E-state index contributed by atoms with van der Waals surface area (Å²) in [7, 11) is 0. The summed E-state index contributed by atoms with van der Waals surface area (Å²) in [4.78, 5) is 20.3. The molecule has 0 radical (unpaired) electrons. The molecule has 4 rings (SSSR count). The number of rotatable bonds is 9. The number of carbonyl (C=O) groups is 1. The van der Waals surface area contributed by atoms with E-state index in [1.54, 1.807) is 23.9 Å². The molecule has 1 aliphatic heterocycles. The summed E-state index contributed by atoms with van der Waals surface area (Å²) in [6.45, 7) is 3.47. The molecule has 33 heavy (non-hydrogen) atoms. The molecule has 0 fully saturated rings. The molecule has 0 aliphatic carbocycles. The van der Waals surface area contributed by atoms with Gasteiger partial charge in [-0.2, -0.15) is 0 Å². The third-order valence-electron chi connectivity index (χ3n) is 5.47. The maximum absolute atomic E-state index is 13.7. The van der Waals surface area contributed by atoms with Crippen molar-refractivity contribution < 1.29 is 13.9 Å². The number of carbonyl (C=O) groups excluding carboxylic acids is 1. The Balaban J connectivity index is 1.46. The van der Waals surface area contributed by atoms with Crippen molar-refractivity contribution in [1.29, 1.82) is 0 Å². The largest absolute Gasteiger partial charge is 0.494 e. The summed E-state index contributed by atoms with van der Waals surface area (Å²) >= 11 is 1.65. The molecule has 3 aromatic rings. The number of benzene rings is 3. The average Bonchev–Trinajstić information content (AvgIpc) is 3.24. The Bertz CT molecular complexity index is 1070. The van der Waals surface area contributed by atoms with Gasteiger partial charge in [-0.05, 0) is 48.7 Å². The van der Waals surface area contributed by atoms with Crippen LogP contribution in [0.1, 0.15) is 29.7 Å². The zero-order chi connectivity index (χ0) is 23.0. The Morgan fingerprint density at radius 3 is 2.36 bits per heavy atom. The SMILES string of the molecule is CC1=NC(C(=O)N(CCCOc2ccc(F)cc2)Cc2ccccc2)C(c2ccccc2)S1. The summed E-state index contributed by atoms with van der Waals surface area (Å²) in [5.41, 5.74) is 2.19. The van der Waals surface area contributed by atoms with E-state index < -0.39 is 6.04 Å². The van der Waals surface area contributed by atoms with Gasteiger partial charge in [-0.3, -0.25) is 9.79 Å². The number of thioether (sulfide) groups is 1. The second kappa shape index (κ2) is 11.1. The van der Waals surface area contributed by atoms with Crippen LogP contribution in [0.15, 0.2) is 89.9 Å². The topological polar surface area (TPSA) is 41.9 Å². The second-order valence-electron chi connectivity index (χ2n) is 7.94. The van der Waals surface area contributed by atoms with E-state index in [4.69, 9.17) is 9.73 Å². The molecule has 170 valence electrons. The molecule has 0 saturated heterocycles. The van der Waals surface area contributed by atoms with Crippen LogP contribution in [0.25, 0.3) is 0 Å². The Kier molecular flexibility index (Phi) is 7.79. The molecule has 0 spiro atoms. The third kappa shape index (κ3) is 6.23. The van der Waals surface area contributed by atoms with Crippen molar-refractivity contribution in [3.05, 3.63) is 102 Å². The molecule has 1 heterocycles. The molecule has 0 N–H and O–H groups in total. The van der Waals surface area contributed by atoms with Crippen LogP contribution in [-0.4, -0.2) is 35.0 Å². The first-order valence-electron chi connectivity index (χ1n) is 11.1. The van der Waals surface area contributed by atoms with Crippen LogP contribution in [0, 0.1) is 5.82 Å². The molecule has 6 heteroatoms.